The van der Waals surface area contributed by atoms with E-state index >= 15 is 0 Å². The zero-order chi connectivity index (χ0) is 15.3. The van der Waals surface area contributed by atoms with Crippen LogP contribution in [-0.2, 0) is 11.2 Å². The van der Waals surface area contributed by atoms with Crippen molar-refractivity contribution in [1.82, 2.24) is 4.98 Å². The van der Waals surface area contributed by atoms with E-state index in [0.717, 1.165) is 10.9 Å². The summed E-state index contributed by atoms with van der Waals surface area (Å²) in [6, 6.07) is 12.5. The first-order valence-corrected chi connectivity index (χ1v) is 6.82. The van der Waals surface area contributed by atoms with Gasteiger partial charge in [-0.15, -0.1) is 0 Å². The van der Waals surface area contributed by atoms with Gasteiger partial charge in [-0.3, -0.25) is 9.59 Å². The number of aromatic amines is 1. The van der Waals surface area contributed by atoms with Crippen LogP contribution < -0.4 is 5.43 Å². The van der Waals surface area contributed by atoms with Crippen LogP contribution in [0.2, 0.25) is 0 Å². The first-order chi connectivity index (χ1) is 10.6. The molecule has 0 aliphatic carbocycles. The highest BCUT2D eigenvalue weighted by molar-refractivity contribution is 6.06. The Morgan fingerprint density at radius 2 is 1.82 bits per heavy atom. The van der Waals surface area contributed by atoms with E-state index in [9.17, 15) is 9.59 Å². The molecule has 0 fully saturated rings. The Labute approximate surface area is 123 Å². The summed E-state index contributed by atoms with van der Waals surface area (Å²) >= 11 is 0. The molecular formula is C17H11NO4. The summed E-state index contributed by atoms with van der Waals surface area (Å²) in [5.74, 6) is -0.964. The number of aromatic nitrogens is 1. The van der Waals surface area contributed by atoms with E-state index in [1.165, 1.54) is 0 Å². The third-order valence-corrected chi connectivity index (χ3v) is 3.77. The second-order valence-electron chi connectivity index (χ2n) is 5.17. The number of benzene rings is 2. The molecule has 2 N–H and O–H groups in total. The number of aliphatic carboxylic acids is 1. The van der Waals surface area contributed by atoms with Gasteiger partial charge in [-0.05, 0) is 18.2 Å². The molecule has 0 spiro atoms. The number of carboxylic acids is 1. The molecule has 0 unspecified atom stereocenters. The second-order valence-corrected chi connectivity index (χ2v) is 5.17. The molecule has 22 heavy (non-hydrogen) atoms. The van der Waals surface area contributed by atoms with E-state index in [1.807, 2.05) is 24.3 Å². The maximum atomic E-state index is 12.7. The molecule has 108 valence electrons. The smallest absolute Gasteiger partial charge is 0.307 e. The van der Waals surface area contributed by atoms with Gasteiger partial charge in [0, 0.05) is 16.5 Å². The van der Waals surface area contributed by atoms with E-state index < -0.39 is 5.97 Å². The molecule has 0 aliphatic rings. The van der Waals surface area contributed by atoms with Gasteiger partial charge < -0.3 is 14.5 Å². The number of para-hydroxylation sites is 2. The average Bonchev–Trinajstić information content (AvgIpc) is 2.87. The fourth-order valence-corrected chi connectivity index (χ4v) is 2.81. The van der Waals surface area contributed by atoms with Crippen molar-refractivity contribution in [2.24, 2.45) is 0 Å². The Kier molecular flexibility index (Phi) is 2.56. The lowest BCUT2D eigenvalue weighted by Crippen LogP contribution is -2.06. The average molecular weight is 293 g/mol. The molecular weight excluding hydrogens is 282 g/mol. The largest absolute Gasteiger partial charge is 0.481 e. The molecule has 4 aromatic rings. The van der Waals surface area contributed by atoms with Crippen molar-refractivity contribution < 1.29 is 14.3 Å². The maximum Gasteiger partial charge on any atom is 0.307 e. The molecule has 0 aliphatic heterocycles. The molecule has 0 bridgehead atoms. The van der Waals surface area contributed by atoms with Gasteiger partial charge in [-0.2, -0.15) is 0 Å². The van der Waals surface area contributed by atoms with Gasteiger partial charge in [-0.1, -0.05) is 24.3 Å². The highest BCUT2D eigenvalue weighted by Gasteiger charge is 2.16. The Morgan fingerprint density at radius 1 is 1.05 bits per heavy atom. The third-order valence-electron chi connectivity index (χ3n) is 3.77. The molecule has 2 aromatic carbocycles. The van der Waals surface area contributed by atoms with Crippen molar-refractivity contribution in [3.8, 4) is 0 Å². The van der Waals surface area contributed by atoms with Gasteiger partial charge in [0.05, 0.1) is 11.8 Å². The quantitative estimate of drug-likeness (QED) is 0.595. The number of hydrogen-bond donors (Lipinski definition) is 2. The van der Waals surface area contributed by atoms with E-state index in [2.05, 4.69) is 4.98 Å². The van der Waals surface area contributed by atoms with Crippen LogP contribution in [0, 0.1) is 0 Å². The van der Waals surface area contributed by atoms with Crippen molar-refractivity contribution in [3.05, 3.63) is 58.3 Å². The molecule has 5 nitrogen and oxygen atoms in total. The molecule has 0 amide bonds. The lowest BCUT2D eigenvalue weighted by molar-refractivity contribution is -0.136. The normalized spacial score (nSPS) is 11.5. The molecule has 0 atom stereocenters. The predicted octanol–water partition coefficient (Wildman–Crippen LogP) is 3.05. The predicted molar refractivity (Wildman–Crippen MR) is 83.2 cm³/mol. The van der Waals surface area contributed by atoms with E-state index in [0.29, 0.717) is 27.6 Å². The first-order valence-electron chi connectivity index (χ1n) is 6.82. The number of nitrogens with one attached hydrogen (secondary N) is 1. The van der Waals surface area contributed by atoms with Gasteiger partial charge in [0.2, 0.25) is 5.43 Å². The van der Waals surface area contributed by atoms with Gasteiger partial charge in [0.1, 0.15) is 11.1 Å². The zero-order valence-electron chi connectivity index (χ0n) is 11.4. The lowest BCUT2D eigenvalue weighted by Gasteiger charge is -2.03. The third kappa shape index (κ3) is 1.72. The Hall–Kier alpha value is -3.08. The molecule has 4 rings (SSSR count). The number of carboxylic acid groups (broad SMARTS) is 1. The minimum atomic E-state index is -0.964. The Morgan fingerprint density at radius 3 is 2.64 bits per heavy atom. The van der Waals surface area contributed by atoms with Gasteiger partial charge in [-0.25, -0.2) is 0 Å². The van der Waals surface area contributed by atoms with Gasteiger partial charge >= 0.3 is 5.97 Å². The number of rotatable bonds is 2. The van der Waals surface area contributed by atoms with Crippen LogP contribution in [-0.4, -0.2) is 16.1 Å². The summed E-state index contributed by atoms with van der Waals surface area (Å²) in [5, 5.41) is 10.2. The van der Waals surface area contributed by atoms with Crippen LogP contribution in [0.3, 0.4) is 0 Å². The van der Waals surface area contributed by atoms with Crippen LogP contribution in [0.4, 0.5) is 0 Å². The Balaban J connectivity index is 2.20. The SMILES string of the molecule is O=C(O)Cc1cccc2c(=O)c3[nH]c4ccccc4c3oc12. The fourth-order valence-electron chi connectivity index (χ4n) is 2.81. The summed E-state index contributed by atoms with van der Waals surface area (Å²) < 4.78 is 5.92. The zero-order valence-corrected chi connectivity index (χ0v) is 11.4. The van der Waals surface area contributed by atoms with E-state index in [1.54, 1.807) is 18.2 Å². The van der Waals surface area contributed by atoms with Crippen molar-refractivity contribution in [3.63, 3.8) is 0 Å². The molecule has 2 aromatic heterocycles. The number of carbonyl (C=O) groups is 1. The summed E-state index contributed by atoms with van der Waals surface area (Å²) in [6.07, 6.45) is -0.186. The van der Waals surface area contributed by atoms with Crippen LogP contribution in [0.25, 0.3) is 33.0 Å². The summed E-state index contributed by atoms with van der Waals surface area (Å²) in [4.78, 5) is 26.7. The topological polar surface area (TPSA) is 83.3 Å². The van der Waals surface area contributed by atoms with Gasteiger partial charge in [0.25, 0.3) is 0 Å². The summed E-state index contributed by atoms with van der Waals surface area (Å²) in [6.45, 7) is 0. The minimum absolute atomic E-state index is 0.181. The van der Waals surface area contributed by atoms with Crippen LogP contribution in [0.5, 0.6) is 0 Å². The highest BCUT2D eigenvalue weighted by atomic mass is 16.4. The van der Waals surface area contributed by atoms with Crippen LogP contribution >= 0.6 is 0 Å². The van der Waals surface area contributed by atoms with Crippen molar-refractivity contribution in [2.45, 2.75) is 6.42 Å². The van der Waals surface area contributed by atoms with E-state index in [4.69, 9.17) is 9.52 Å². The highest BCUT2D eigenvalue weighted by Crippen LogP contribution is 2.28. The molecule has 0 saturated heterocycles. The summed E-state index contributed by atoms with van der Waals surface area (Å²) in [7, 11) is 0. The molecule has 0 radical (unpaired) electrons. The minimum Gasteiger partial charge on any atom is -0.481 e. The lowest BCUT2D eigenvalue weighted by atomic mass is 10.1. The second kappa shape index (κ2) is 4.46. The van der Waals surface area contributed by atoms with E-state index in [-0.39, 0.29) is 11.8 Å². The van der Waals surface area contributed by atoms with Gasteiger partial charge in [0.15, 0.2) is 5.58 Å². The first kappa shape index (κ1) is 12.6. The molecule has 5 heteroatoms. The maximum absolute atomic E-state index is 12.7. The van der Waals surface area contributed by atoms with Crippen LogP contribution in [0.1, 0.15) is 5.56 Å². The fraction of sp³-hybridized carbons (Fsp3) is 0.0588. The van der Waals surface area contributed by atoms with Crippen molar-refractivity contribution >= 4 is 38.9 Å². The monoisotopic (exact) mass is 293 g/mol. The number of hydrogen-bond acceptors (Lipinski definition) is 3. The molecule has 2 heterocycles. The van der Waals surface area contributed by atoms with Crippen molar-refractivity contribution in [1.29, 1.82) is 0 Å². The van der Waals surface area contributed by atoms with Crippen molar-refractivity contribution in [2.75, 3.05) is 0 Å². The number of H-pyrrole nitrogens is 1. The van der Waals surface area contributed by atoms with Crippen LogP contribution in [0.15, 0.2) is 51.7 Å². The Bertz CT molecular complexity index is 1100. The summed E-state index contributed by atoms with van der Waals surface area (Å²) in [5.41, 5.74) is 2.33. The standard InChI is InChI=1S/C17H11NO4/c19-13(20)8-9-4-3-6-11-15(21)14-17(22-16(9)11)10-5-1-2-7-12(10)18-14/h1-7,18H,8H2,(H,19,20). The molecule has 0 saturated carbocycles. The number of fused-ring (bicyclic) bond motifs is 4.